The average Bonchev–Trinajstić information content (AvgIpc) is 3.26. The number of hydrogen-bond donors (Lipinski definition) is 2. The Balaban J connectivity index is 1.69. The van der Waals surface area contributed by atoms with Gasteiger partial charge in [0, 0.05) is 22.9 Å². The van der Waals surface area contributed by atoms with Crippen molar-refractivity contribution in [1.29, 1.82) is 0 Å². The smallest absolute Gasteiger partial charge is 0.344 e. The predicted octanol–water partition coefficient (Wildman–Crippen LogP) is 4.80. The van der Waals surface area contributed by atoms with E-state index in [2.05, 4.69) is 9.71 Å². The van der Waals surface area contributed by atoms with Crippen molar-refractivity contribution in [2.24, 2.45) is 5.92 Å². The first-order valence-corrected chi connectivity index (χ1v) is 13.5. The van der Waals surface area contributed by atoms with Gasteiger partial charge in [0.25, 0.3) is 10.0 Å². The van der Waals surface area contributed by atoms with E-state index in [0.29, 0.717) is 29.2 Å². The third kappa shape index (κ3) is 5.05. The van der Waals surface area contributed by atoms with Crippen LogP contribution in [0.1, 0.15) is 62.5 Å². The van der Waals surface area contributed by atoms with E-state index >= 15 is 0 Å². The molecule has 3 aromatic rings. The van der Waals surface area contributed by atoms with Gasteiger partial charge in [-0.3, -0.25) is 0 Å². The fourth-order valence-corrected chi connectivity index (χ4v) is 6.60. The Kier molecular flexibility index (Phi) is 7.02. The van der Waals surface area contributed by atoms with Crippen LogP contribution in [0.25, 0.3) is 10.6 Å². The molecule has 33 heavy (non-hydrogen) atoms. The second-order valence-corrected chi connectivity index (χ2v) is 11.2. The summed E-state index contributed by atoms with van der Waals surface area (Å²) in [5.41, 5.74) is 0.710. The molecule has 0 spiro atoms. The largest absolute Gasteiger partial charge is 0.507 e. The summed E-state index contributed by atoms with van der Waals surface area (Å²) in [6, 6.07) is 8.37. The van der Waals surface area contributed by atoms with Crippen molar-refractivity contribution in [3.8, 4) is 16.3 Å². The van der Waals surface area contributed by atoms with Crippen LogP contribution in [0.15, 0.2) is 49.9 Å². The molecule has 0 bridgehead atoms. The average molecular weight is 489 g/mol. The number of thiazole rings is 1. The van der Waals surface area contributed by atoms with Crippen molar-refractivity contribution >= 4 is 21.4 Å². The Morgan fingerprint density at radius 3 is 2.48 bits per heavy atom. The summed E-state index contributed by atoms with van der Waals surface area (Å²) in [5.74, 6) is 0.0542. The van der Waals surface area contributed by atoms with E-state index in [1.165, 1.54) is 16.7 Å². The summed E-state index contributed by atoms with van der Waals surface area (Å²) >= 11 is 1.23. The lowest BCUT2D eigenvalue weighted by Gasteiger charge is -2.24. The summed E-state index contributed by atoms with van der Waals surface area (Å²) in [6.07, 6.45) is 5.06. The van der Waals surface area contributed by atoms with Crippen LogP contribution >= 0.6 is 11.3 Å². The second-order valence-electron chi connectivity index (χ2n) is 8.67. The van der Waals surface area contributed by atoms with E-state index in [-0.39, 0.29) is 22.3 Å². The number of rotatable bonds is 6. The van der Waals surface area contributed by atoms with Gasteiger partial charge < -0.3 is 9.52 Å². The van der Waals surface area contributed by atoms with Gasteiger partial charge in [0.05, 0.1) is 11.6 Å². The molecule has 2 aromatic heterocycles. The first-order chi connectivity index (χ1) is 15.8. The van der Waals surface area contributed by atoms with Crippen molar-refractivity contribution in [2.45, 2.75) is 63.4 Å². The van der Waals surface area contributed by atoms with E-state index in [9.17, 15) is 18.3 Å². The molecule has 176 valence electrons. The first-order valence-electron chi connectivity index (χ1n) is 11.2. The Hall–Kier alpha value is -2.49. The lowest BCUT2D eigenvalue weighted by atomic mass is 9.92. The molecule has 2 heterocycles. The third-order valence-corrected chi connectivity index (χ3v) is 8.30. The maximum absolute atomic E-state index is 13.2. The Morgan fingerprint density at radius 2 is 1.79 bits per heavy atom. The van der Waals surface area contributed by atoms with Crippen LogP contribution in [0.5, 0.6) is 5.75 Å². The molecule has 1 aliphatic carbocycles. The summed E-state index contributed by atoms with van der Waals surface area (Å²) in [7, 11) is -4.05. The maximum atomic E-state index is 13.2. The standard InChI is InChI=1S/C24H28N2O5S2/c1-15(2)21(20-22(27)17-12-8-3-4-9-13-18(17)31-24(20)28)26-33(29,30)19-14-32-23(25-19)16-10-6-5-7-11-16/h5-7,10-11,14-15,21,26-27H,3-4,8-9,12-13H2,1-2H3. The Labute approximate surface area is 197 Å². The van der Waals surface area contributed by atoms with Gasteiger partial charge in [-0.1, -0.05) is 57.0 Å². The molecule has 1 unspecified atom stereocenters. The quantitative estimate of drug-likeness (QED) is 0.516. The number of fused-ring (bicyclic) bond motifs is 1. The van der Waals surface area contributed by atoms with Gasteiger partial charge in [-0.25, -0.2) is 22.9 Å². The summed E-state index contributed by atoms with van der Waals surface area (Å²) in [6.45, 7) is 3.58. The van der Waals surface area contributed by atoms with Gasteiger partial charge >= 0.3 is 5.63 Å². The predicted molar refractivity (Wildman–Crippen MR) is 128 cm³/mol. The SMILES string of the molecule is CC(C)C(NS(=O)(=O)c1csc(-c2ccccc2)n1)c1c(O)c2c(oc1=O)CCCCCC2. The molecule has 0 aliphatic heterocycles. The molecule has 0 radical (unpaired) electrons. The number of hydrogen-bond acceptors (Lipinski definition) is 7. The van der Waals surface area contributed by atoms with Gasteiger partial charge in [-0.15, -0.1) is 11.3 Å². The highest BCUT2D eigenvalue weighted by atomic mass is 32.2. The highest BCUT2D eigenvalue weighted by Crippen LogP contribution is 2.35. The monoisotopic (exact) mass is 488 g/mol. The van der Waals surface area contributed by atoms with Gasteiger partial charge in [-0.05, 0) is 25.2 Å². The topological polar surface area (TPSA) is 110 Å². The van der Waals surface area contributed by atoms with Crippen LogP contribution in [0, 0.1) is 5.92 Å². The molecule has 0 fully saturated rings. The van der Waals surface area contributed by atoms with E-state index in [1.54, 1.807) is 13.8 Å². The minimum absolute atomic E-state index is 0.0357. The molecule has 4 rings (SSSR count). The normalized spacial score (nSPS) is 15.6. The Bertz CT molecular complexity index is 1280. The van der Waals surface area contributed by atoms with Crippen molar-refractivity contribution in [3.05, 3.63) is 63.0 Å². The summed E-state index contributed by atoms with van der Waals surface area (Å²) in [4.78, 5) is 17.2. The minimum Gasteiger partial charge on any atom is -0.507 e. The molecule has 1 atom stereocenters. The van der Waals surface area contributed by atoms with Crippen molar-refractivity contribution in [3.63, 3.8) is 0 Å². The second kappa shape index (κ2) is 9.79. The number of nitrogens with zero attached hydrogens (tertiary/aromatic N) is 1. The fourth-order valence-electron chi connectivity index (χ4n) is 4.15. The van der Waals surface area contributed by atoms with Crippen LogP contribution < -0.4 is 10.3 Å². The zero-order valence-electron chi connectivity index (χ0n) is 18.7. The molecule has 1 aliphatic rings. The van der Waals surface area contributed by atoms with Crippen molar-refractivity contribution in [1.82, 2.24) is 9.71 Å². The third-order valence-electron chi connectivity index (χ3n) is 5.93. The van der Waals surface area contributed by atoms with Gasteiger partial charge in [0.1, 0.15) is 16.5 Å². The van der Waals surface area contributed by atoms with Gasteiger partial charge in [0.15, 0.2) is 5.03 Å². The maximum Gasteiger partial charge on any atom is 0.344 e. The highest BCUT2D eigenvalue weighted by Gasteiger charge is 2.32. The van der Waals surface area contributed by atoms with Crippen LogP contribution in [-0.2, 0) is 22.9 Å². The van der Waals surface area contributed by atoms with Crippen LogP contribution in [-0.4, -0.2) is 18.5 Å². The van der Waals surface area contributed by atoms with E-state index in [0.717, 1.165) is 31.2 Å². The number of aromatic nitrogens is 1. The number of aryl methyl sites for hydroxylation is 1. The number of aromatic hydroxyl groups is 1. The highest BCUT2D eigenvalue weighted by molar-refractivity contribution is 7.89. The van der Waals surface area contributed by atoms with Crippen LogP contribution in [0.3, 0.4) is 0 Å². The lowest BCUT2D eigenvalue weighted by Crippen LogP contribution is -2.35. The van der Waals surface area contributed by atoms with Crippen molar-refractivity contribution in [2.75, 3.05) is 0 Å². The lowest BCUT2D eigenvalue weighted by molar-refractivity contribution is 0.361. The van der Waals surface area contributed by atoms with E-state index in [4.69, 9.17) is 4.42 Å². The molecule has 2 N–H and O–H groups in total. The number of benzene rings is 1. The molecule has 0 saturated carbocycles. The molecule has 0 saturated heterocycles. The molecule has 7 nitrogen and oxygen atoms in total. The van der Waals surface area contributed by atoms with Crippen LogP contribution in [0.2, 0.25) is 0 Å². The fraction of sp³-hybridized carbons (Fsp3) is 0.417. The Morgan fingerprint density at radius 1 is 1.09 bits per heavy atom. The number of nitrogens with one attached hydrogen (secondary N) is 1. The first kappa shape index (κ1) is 23.7. The molecule has 1 aromatic carbocycles. The summed E-state index contributed by atoms with van der Waals surface area (Å²) < 4.78 is 34.6. The number of sulfonamides is 1. The summed E-state index contributed by atoms with van der Waals surface area (Å²) in [5, 5.41) is 13.0. The molecule has 0 amide bonds. The van der Waals surface area contributed by atoms with E-state index < -0.39 is 21.7 Å². The van der Waals surface area contributed by atoms with E-state index in [1.807, 2.05) is 30.3 Å². The van der Waals surface area contributed by atoms with Crippen LogP contribution in [0.4, 0.5) is 0 Å². The zero-order valence-corrected chi connectivity index (χ0v) is 20.3. The van der Waals surface area contributed by atoms with Gasteiger partial charge in [0.2, 0.25) is 0 Å². The van der Waals surface area contributed by atoms with Crippen molar-refractivity contribution < 1.29 is 17.9 Å². The minimum atomic E-state index is -4.05. The molecule has 9 heteroatoms. The van der Waals surface area contributed by atoms with Gasteiger partial charge in [-0.2, -0.15) is 0 Å². The molecular weight excluding hydrogens is 460 g/mol. The zero-order chi connectivity index (χ0) is 23.6. The molecular formula is C24H28N2O5S2.